The van der Waals surface area contributed by atoms with Gasteiger partial charge in [0.05, 0.1) is 0 Å². The number of piperidine rings is 1. The topological polar surface area (TPSA) is 49.5 Å². The van der Waals surface area contributed by atoms with Crippen LogP contribution in [0.3, 0.4) is 0 Å². The average Bonchev–Trinajstić information content (AvgIpc) is 2.18. The molecule has 0 bridgehead atoms. The minimum Gasteiger partial charge on any atom is -0.399 e. The maximum Gasteiger partial charge on any atom is 0.102 e. The van der Waals surface area contributed by atoms with Crippen molar-refractivity contribution in [1.29, 1.82) is 0 Å². The van der Waals surface area contributed by atoms with Crippen molar-refractivity contribution in [2.75, 3.05) is 25.9 Å². The van der Waals surface area contributed by atoms with Gasteiger partial charge < -0.3 is 15.7 Å². The van der Waals surface area contributed by atoms with E-state index in [0.717, 1.165) is 30.6 Å². The van der Waals surface area contributed by atoms with Crippen molar-refractivity contribution < 1.29 is 5.11 Å². The van der Waals surface area contributed by atoms with Gasteiger partial charge in [-0.2, -0.15) is 0 Å². The Bertz CT molecular complexity index is 336. The molecule has 1 heterocycles. The summed E-state index contributed by atoms with van der Waals surface area (Å²) < 4.78 is 0. The van der Waals surface area contributed by atoms with Gasteiger partial charge in [-0.25, -0.2) is 0 Å². The van der Waals surface area contributed by atoms with Crippen molar-refractivity contribution in [3.63, 3.8) is 0 Å². The molecular formula is C12H18N2O. The average molecular weight is 206 g/mol. The van der Waals surface area contributed by atoms with E-state index < -0.39 is 5.60 Å². The summed E-state index contributed by atoms with van der Waals surface area (Å²) in [6.07, 6.45) is 1.87. The lowest BCUT2D eigenvalue weighted by atomic mass is 9.86. The number of benzene rings is 1. The third kappa shape index (κ3) is 2.13. The van der Waals surface area contributed by atoms with Gasteiger partial charge in [-0.15, -0.1) is 0 Å². The van der Waals surface area contributed by atoms with Crippen LogP contribution in [0.25, 0.3) is 0 Å². The third-order valence-corrected chi connectivity index (χ3v) is 3.11. The van der Waals surface area contributed by atoms with Crippen molar-refractivity contribution in [2.45, 2.75) is 18.4 Å². The molecule has 1 aromatic carbocycles. The maximum absolute atomic E-state index is 10.5. The van der Waals surface area contributed by atoms with Crippen LogP contribution in [0.5, 0.6) is 0 Å². The molecule has 1 aliphatic rings. The zero-order chi connectivity index (χ0) is 10.9. The Morgan fingerprint density at radius 2 is 2.00 bits per heavy atom. The monoisotopic (exact) mass is 206 g/mol. The Kier molecular flexibility index (Phi) is 2.67. The second-order valence-corrected chi connectivity index (χ2v) is 4.49. The van der Waals surface area contributed by atoms with Gasteiger partial charge in [-0.1, -0.05) is 12.1 Å². The van der Waals surface area contributed by atoms with Crippen LogP contribution in [0.15, 0.2) is 24.3 Å². The first-order valence-corrected chi connectivity index (χ1v) is 5.37. The number of aliphatic hydroxyl groups is 1. The normalized spacial score (nSPS) is 27.9. The zero-order valence-corrected chi connectivity index (χ0v) is 9.11. The molecule has 1 unspecified atom stereocenters. The molecule has 0 spiro atoms. The SMILES string of the molecule is CN1CCCC(O)(c2ccc(N)cc2)C1. The summed E-state index contributed by atoms with van der Waals surface area (Å²) in [7, 11) is 2.04. The Morgan fingerprint density at radius 3 is 2.60 bits per heavy atom. The Balaban J connectivity index is 2.24. The molecule has 0 amide bonds. The van der Waals surface area contributed by atoms with Crippen LogP contribution in [0.4, 0.5) is 5.69 Å². The van der Waals surface area contributed by atoms with Crippen LogP contribution in [0.2, 0.25) is 0 Å². The van der Waals surface area contributed by atoms with Gasteiger partial charge >= 0.3 is 0 Å². The number of nitrogens with zero attached hydrogens (tertiary/aromatic N) is 1. The number of nitrogen functional groups attached to an aromatic ring is 1. The van der Waals surface area contributed by atoms with Crippen molar-refractivity contribution >= 4 is 5.69 Å². The lowest BCUT2D eigenvalue weighted by Crippen LogP contribution is -2.44. The van der Waals surface area contributed by atoms with E-state index in [9.17, 15) is 5.11 Å². The fraction of sp³-hybridized carbons (Fsp3) is 0.500. The molecule has 3 heteroatoms. The first-order chi connectivity index (χ1) is 7.10. The van der Waals surface area contributed by atoms with E-state index in [2.05, 4.69) is 4.90 Å². The van der Waals surface area contributed by atoms with Crippen molar-refractivity contribution in [3.05, 3.63) is 29.8 Å². The quantitative estimate of drug-likeness (QED) is 0.678. The summed E-state index contributed by atoms with van der Waals surface area (Å²) in [6.45, 7) is 1.77. The number of nitrogens with two attached hydrogens (primary N) is 1. The van der Waals surface area contributed by atoms with Crippen LogP contribution in [0, 0.1) is 0 Å². The minimum atomic E-state index is -0.694. The van der Waals surface area contributed by atoms with E-state index >= 15 is 0 Å². The molecule has 1 atom stereocenters. The molecule has 0 aliphatic carbocycles. The summed E-state index contributed by atoms with van der Waals surface area (Å²) in [4.78, 5) is 2.17. The van der Waals surface area contributed by atoms with Gasteiger partial charge in [-0.3, -0.25) is 0 Å². The van der Waals surface area contributed by atoms with Crippen molar-refractivity contribution in [2.24, 2.45) is 0 Å². The maximum atomic E-state index is 10.5. The molecular weight excluding hydrogens is 188 g/mol. The van der Waals surface area contributed by atoms with Crippen LogP contribution in [-0.4, -0.2) is 30.1 Å². The zero-order valence-electron chi connectivity index (χ0n) is 9.11. The summed E-state index contributed by atoms with van der Waals surface area (Å²) >= 11 is 0. The highest BCUT2D eigenvalue weighted by atomic mass is 16.3. The highest BCUT2D eigenvalue weighted by molar-refractivity contribution is 5.41. The van der Waals surface area contributed by atoms with Crippen LogP contribution < -0.4 is 5.73 Å². The molecule has 0 saturated carbocycles. The van der Waals surface area contributed by atoms with Crippen LogP contribution in [-0.2, 0) is 5.60 Å². The Morgan fingerprint density at radius 1 is 1.33 bits per heavy atom. The van der Waals surface area contributed by atoms with Crippen LogP contribution in [0.1, 0.15) is 18.4 Å². The molecule has 1 saturated heterocycles. The summed E-state index contributed by atoms with van der Waals surface area (Å²) in [6, 6.07) is 7.55. The van der Waals surface area contributed by atoms with E-state index in [0.29, 0.717) is 6.54 Å². The first kappa shape index (κ1) is 10.5. The number of likely N-dealkylation sites (tertiary alicyclic amines) is 1. The predicted octanol–water partition coefficient (Wildman–Crippen LogP) is 1.18. The molecule has 0 aromatic heterocycles. The lowest BCUT2D eigenvalue weighted by molar-refractivity contribution is -0.0277. The van der Waals surface area contributed by atoms with Gasteiger partial charge in [-0.05, 0) is 44.1 Å². The van der Waals surface area contributed by atoms with Gasteiger partial charge in [0.25, 0.3) is 0 Å². The summed E-state index contributed by atoms with van der Waals surface area (Å²) in [5, 5.41) is 10.5. The summed E-state index contributed by atoms with van der Waals surface area (Å²) in [5.41, 5.74) is 6.66. The molecule has 0 radical (unpaired) electrons. The first-order valence-electron chi connectivity index (χ1n) is 5.37. The van der Waals surface area contributed by atoms with E-state index in [-0.39, 0.29) is 0 Å². The standard InChI is InChI=1S/C12H18N2O/c1-14-8-2-7-12(15,9-14)10-3-5-11(13)6-4-10/h3-6,15H,2,7-9,13H2,1H3. The fourth-order valence-electron chi connectivity index (χ4n) is 2.28. The summed E-state index contributed by atoms with van der Waals surface area (Å²) in [5.74, 6) is 0. The van der Waals surface area contributed by atoms with Gasteiger partial charge in [0.15, 0.2) is 0 Å². The number of hydrogen-bond donors (Lipinski definition) is 2. The molecule has 1 aliphatic heterocycles. The second-order valence-electron chi connectivity index (χ2n) is 4.49. The third-order valence-electron chi connectivity index (χ3n) is 3.11. The number of hydrogen-bond acceptors (Lipinski definition) is 3. The number of likely N-dealkylation sites (N-methyl/N-ethyl adjacent to an activating group) is 1. The van der Waals surface area contributed by atoms with Gasteiger partial charge in [0, 0.05) is 12.2 Å². The molecule has 82 valence electrons. The highest BCUT2D eigenvalue weighted by Gasteiger charge is 2.33. The predicted molar refractivity (Wildman–Crippen MR) is 61.5 cm³/mol. The van der Waals surface area contributed by atoms with Gasteiger partial charge in [0.1, 0.15) is 5.60 Å². The Labute approximate surface area is 90.5 Å². The Hall–Kier alpha value is -1.06. The molecule has 1 aromatic rings. The van der Waals surface area contributed by atoms with E-state index in [1.54, 1.807) is 0 Å². The highest BCUT2D eigenvalue weighted by Crippen LogP contribution is 2.31. The van der Waals surface area contributed by atoms with E-state index in [1.165, 1.54) is 0 Å². The van der Waals surface area contributed by atoms with E-state index in [4.69, 9.17) is 5.73 Å². The van der Waals surface area contributed by atoms with Crippen molar-refractivity contribution in [3.8, 4) is 0 Å². The molecule has 2 rings (SSSR count). The largest absolute Gasteiger partial charge is 0.399 e. The lowest BCUT2D eigenvalue weighted by Gasteiger charge is -2.37. The second kappa shape index (κ2) is 3.83. The number of rotatable bonds is 1. The minimum absolute atomic E-state index is 0.694. The van der Waals surface area contributed by atoms with Crippen molar-refractivity contribution in [1.82, 2.24) is 4.90 Å². The molecule has 3 N–H and O–H groups in total. The smallest absolute Gasteiger partial charge is 0.102 e. The fourth-order valence-corrected chi connectivity index (χ4v) is 2.28. The van der Waals surface area contributed by atoms with Gasteiger partial charge in [0.2, 0.25) is 0 Å². The molecule has 15 heavy (non-hydrogen) atoms. The number of β-amino-alcohol motifs (C(OH)–C–C–N with tert-alkyl or cyclic N) is 1. The van der Waals surface area contributed by atoms with Crippen LogP contribution >= 0.6 is 0 Å². The van der Waals surface area contributed by atoms with E-state index in [1.807, 2.05) is 31.3 Å². The molecule has 1 fully saturated rings. The molecule has 3 nitrogen and oxygen atoms in total. The number of anilines is 1.